The Labute approximate surface area is 124 Å². The number of rotatable bonds is 5. The van der Waals surface area contributed by atoms with Gasteiger partial charge in [-0.2, -0.15) is 0 Å². The van der Waals surface area contributed by atoms with Crippen molar-refractivity contribution in [2.45, 2.75) is 26.8 Å². The van der Waals surface area contributed by atoms with Crippen LogP contribution in [0.15, 0.2) is 24.4 Å². The molecule has 0 amide bonds. The minimum absolute atomic E-state index is 0.182. The summed E-state index contributed by atoms with van der Waals surface area (Å²) in [4.78, 5) is 4.51. The lowest BCUT2D eigenvalue weighted by Gasteiger charge is -2.15. The monoisotopic (exact) mass is 293 g/mol. The Morgan fingerprint density at radius 3 is 2.80 bits per heavy atom. The van der Waals surface area contributed by atoms with Crippen molar-refractivity contribution < 1.29 is 4.74 Å². The molecule has 1 unspecified atom stereocenters. The van der Waals surface area contributed by atoms with Crippen LogP contribution in [0.1, 0.15) is 18.2 Å². The van der Waals surface area contributed by atoms with Gasteiger partial charge >= 0.3 is 0 Å². The highest BCUT2D eigenvalue weighted by Gasteiger charge is 2.11. The number of hydrogen-bond acceptors (Lipinski definition) is 3. The first-order valence-corrected chi connectivity index (χ1v) is 6.97. The maximum Gasteiger partial charge on any atom is 0.208 e. The van der Waals surface area contributed by atoms with Crippen LogP contribution in [0.25, 0.3) is 5.69 Å². The first kappa shape index (κ1) is 14.9. The van der Waals surface area contributed by atoms with Gasteiger partial charge in [0.05, 0.1) is 12.3 Å². The molecule has 1 N–H and O–H groups in total. The Balaban J connectivity index is 2.33. The van der Waals surface area contributed by atoms with Crippen LogP contribution in [0.4, 0.5) is 5.95 Å². The van der Waals surface area contributed by atoms with Gasteiger partial charge in [0.1, 0.15) is 0 Å². The van der Waals surface area contributed by atoms with Gasteiger partial charge in [0.15, 0.2) is 0 Å². The third-order valence-corrected chi connectivity index (χ3v) is 3.46. The zero-order chi connectivity index (χ0) is 14.7. The van der Waals surface area contributed by atoms with E-state index in [4.69, 9.17) is 16.3 Å². The molecule has 2 aromatic rings. The Morgan fingerprint density at radius 2 is 2.15 bits per heavy atom. The molecular weight excluding hydrogens is 274 g/mol. The smallest absolute Gasteiger partial charge is 0.208 e. The molecule has 0 aliphatic rings. The molecule has 1 aromatic carbocycles. The molecule has 0 saturated carbocycles. The summed E-state index contributed by atoms with van der Waals surface area (Å²) in [6.45, 7) is 6.64. The van der Waals surface area contributed by atoms with Crippen molar-refractivity contribution in [1.29, 1.82) is 0 Å². The normalized spacial score (nSPS) is 12.4. The van der Waals surface area contributed by atoms with Crippen molar-refractivity contribution in [2.75, 3.05) is 19.0 Å². The number of anilines is 1. The maximum atomic E-state index is 6.20. The number of nitrogens with one attached hydrogen (secondary N) is 1. The Kier molecular flexibility index (Phi) is 4.68. The van der Waals surface area contributed by atoms with Crippen LogP contribution in [0.3, 0.4) is 0 Å². The van der Waals surface area contributed by atoms with Gasteiger partial charge in [0, 0.05) is 30.1 Å². The molecule has 1 heterocycles. The maximum absolute atomic E-state index is 6.20. The van der Waals surface area contributed by atoms with Gasteiger partial charge in [-0.3, -0.25) is 4.57 Å². The summed E-state index contributed by atoms with van der Waals surface area (Å²) < 4.78 is 7.15. The molecule has 1 atom stereocenters. The molecule has 4 nitrogen and oxygen atoms in total. The van der Waals surface area contributed by atoms with Crippen molar-refractivity contribution in [2.24, 2.45) is 0 Å². The average molecular weight is 294 g/mol. The van der Waals surface area contributed by atoms with Crippen LogP contribution in [-0.4, -0.2) is 29.3 Å². The number of hydrogen-bond donors (Lipinski definition) is 1. The lowest BCUT2D eigenvalue weighted by Crippen LogP contribution is -2.22. The third kappa shape index (κ3) is 3.32. The number of imidazole rings is 1. The number of methoxy groups -OCH3 is 1. The number of ether oxygens (including phenoxy) is 1. The lowest BCUT2D eigenvalue weighted by atomic mass is 10.2. The molecule has 0 aliphatic carbocycles. The number of aryl methyl sites for hydroxylation is 2. The second-order valence-electron chi connectivity index (χ2n) is 5.01. The van der Waals surface area contributed by atoms with E-state index in [1.165, 1.54) is 0 Å². The molecule has 0 saturated heterocycles. The van der Waals surface area contributed by atoms with Gasteiger partial charge in [0.2, 0.25) is 5.95 Å². The quantitative estimate of drug-likeness (QED) is 0.915. The molecule has 5 heteroatoms. The topological polar surface area (TPSA) is 39.1 Å². The van der Waals surface area contributed by atoms with Crippen molar-refractivity contribution in [3.8, 4) is 5.69 Å². The van der Waals surface area contributed by atoms with Crippen LogP contribution < -0.4 is 5.32 Å². The summed E-state index contributed by atoms with van der Waals surface area (Å²) >= 11 is 6.20. The van der Waals surface area contributed by atoms with E-state index in [2.05, 4.69) is 17.2 Å². The molecule has 1 aromatic heterocycles. The van der Waals surface area contributed by atoms with Gasteiger partial charge in [-0.05, 0) is 38.5 Å². The van der Waals surface area contributed by atoms with E-state index in [9.17, 15) is 0 Å². The lowest BCUT2D eigenvalue weighted by molar-refractivity contribution is 0.190. The molecule has 108 valence electrons. The summed E-state index contributed by atoms with van der Waals surface area (Å²) in [7, 11) is 1.69. The highest BCUT2D eigenvalue weighted by Crippen LogP contribution is 2.23. The van der Waals surface area contributed by atoms with Crippen LogP contribution in [0.2, 0.25) is 5.02 Å². The summed E-state index contributed by atoms with van der Waals surface area (Å²) in [5, 5.41) is 4.10. The summed E-state index contributed by atoms with van der Waals surface area (Å²) in [5.41, 5.74) is 3.01. The van der Waals surface area contributed by atoms with Crippen LogP contribution in [-0.2, 0) is 4.74 Å². The second kappa shape index (κ2) is 6.29. The van der Waals surface area contributed by atoms with Crippen molar-refractivity contribution >= 4 is 17.5 Å². The van der Waals surface area contributed by atoms with Crippen LogP contribution in [0, 0.1) is 13.8 Å². The van der Waals surface area contributed by atoms with E-state index in [1.807, 2.05) is 42.8 Å². The van der Waals surface area contributed by atoms with Gasteiger partial charge in [-0.1, -0.05) is 17.7 Å². The zero-order valence-corrected chi connectivity index (χ0v) is 13.0. The third-order valence-electron chi connectivity index (χ3n) is 3.05. The summed E-state index contributed by atoms with van der Waals surface area (Å²) in [6.07, 6.45) is 1.99. The fourth-order valence-electron chi connectivity index (χ4n) is 2.04. The molecule has 20 heavy (non-hydrogen) atoms. The highest BCUT2D eigenvalue weighted by molar-refractivity contribution is 6.31. The number of nitrogens with zero attached hydrogens (tertiary/aromatic N) is 2. The second-order valence-corrected chi connectivity index (χ2v) is 5.42. The van der Waals surface area contributed by atoms with Crippen molar-refractivity contribution in [3.05, 3.63) is 40.7 Å². The minimum Gasteiger partial charge on any atom is -0.383 e. The minimum atomic E-state index is 0.182. The molecule has 0 fully saturated rings. The Morgan fingerprint density at radius 1 is 1.40 bits per heavy atom. The standard InChI is InChI=1S/C15H20ClN3O/c1-10-5-6-13(7-14(10)16)19-8-11(2)17-15(19)18-12(3)9-20-4/h5-8,12H,9H2,1-4H3,(H,17,18). The van der Waals surface area contributed by atoms with E-state index < -0.39 is 0 Å². The molecule has 0 spiro atoms. The average Bonchev–Trinajstić information content (AvgIpc) is 2.74. The van der Waals surface area contributed by atoms with Crippen LogP contribution >= 0.6 is 11.6 Å². The van der Waals surface area contributed by atoms with E-state index >= 15 is 0 Å². The molecule has 0 bridgehead atoms. The first-order valence-electron chi connectivity index (χ1n) is 6.59. The van der Waals surface area contributed by atoms with Crippen molar-refractivity contribution in [3.63, 3.8) is 0 Å². The molecular formula is C15H20ClN3O. The van der Waals surface area contributed by atoms with Gasteiger partial charge in [-0.15, -0.1) is 0 Å². The van der Waals surface area contributed by atoms with Crippen molar-refractivity contribution in [1.82, 2.24) is 9.55 Å². The van der Waals surface area contributed by atoms with Crippen LogP contribution in [0.5, 0.6) is 0 Å². The summed E-state index contributed by atoms with van der Waals surface area (Å²) in [6, 6.07) is 6.18. The largest absolute Gasteiger partial charge is 0.383 e. The number of benzene rings is 1. The van der Waals surface area contributed by atoms with E-state index in [-0.39, 0.29) is 6.04 Å². The summed E-state index contributed by atoms with van der Waals surface area (Å²) in [5.74, 6) is 0.798. The van der Waals surface area contributed by atoms with Gasteiger partial charge < -0.3 is 10.1 Å². The molecule has 0 aliphatic heterocycles. The molecule has 0 radical (unpaired) electrons. The van der Waals surface area contributed by atoms with Gasteiger partial charge in [0.25, 0.3) is 0 Å². The van der Waals surface area contributed by atoms with Gasteiger partial charge in [-0.25, -0.2) is 4.98 Å². The first-order chi connectivity index (χ1) is 9.51. The molecule has 2 rings (SSSR count). The Bertz CT molecular complexity index is 595. The predicted molar refractivity (Wildman–Crippen MR) is 83.0 cm³/mol. The predicted octanol–water partition coefficient (Wildman–Crippen LogP) is 3.59. The van der Waals surface area contributed by atoms with E-state index in [0.717, 1.165) is 27.9 Å². The number of aromatic nitrogens is 2. The number of halogens is 1. The Hall–Kier alpha value is -1.52. The SMILES string of the molecule is COCC(C)Nc1nc(C)cn1-c1ccc(C)c(Cl)c1. The fraction of sp³-hybridized carbons (Fsp3) is 0.400. The van der Waals surface area contributed by atoms with E-state index in [1.54, 1.807) is 7.11 Å². The fourth-order valence-corrected chi connectivity index (χ4v) is 2.21. The van der Waals surface area contributed by atoms with E-state index in [0.29, 0.717) is 6.61 Å². The zero-order valence-electron chi connectivity index (χ0n) is 12.3. The highest BCUT2D eigenvalue weighted by atomic mass is 35.5.